The highest BCUT2D eigenvalue weighted by atomic mass is 32.2. The summed E-state index contributed by atoms with van der Waals surface area (Å²) >= 11 is 1.16. The van der Waals surface area contributed by atoms with Crippen LogP contribution in [0.1, 0.15) is 12.5 Å². The first-order valence-electron chi connectivity index (χ1n) is 11.8. The largest absolute Gasteiger partial charge is 0.495 e. The van der Waals surface area contributed by atoms with Crippen LogP contribution >= 0.6 is 11.8 Å². The average molecular weight is 528 g/mol. The Morgan fingerprint density at radius 3 is 2.45 bits per heavy atom. The molecule has 3 aromatic carbocycles. The third-order valence-electron chi connectivity index (χ3n) is 5.89. The maximum atomic E-state index is 13.8. The van der Waals surface area contributed by atoms with E-state index in [1.807, 2.05) is 43.3 Å². The summed E-state index contributed by atoms with van der Waals surface area (Å²) < 4.78 is 7.05. The van der Waals surface area contributed by atoms with Crippen LogP contribution in [-0.2, 0) is 9.59 Å². The second kappa shape index (κ2) is 10.4. The number of methoxy groups -OCH3 is 1. The Labute approximate surface area is 222 Å². The molecule has 0 radical (unpaired) electrons. The van der Waals surface area contributed by atoms with Gasteiger partial charge in [0.25, 0.3) is 5.56 Å². The number of nitrogens with zero attached hydrogens (tertiary/aromatic N) is 2. The monoisotopic (exact) mass is 527 g/mol. The van der Waals surface area contributed by atoms with Gasteiger partial charge in [0.05, 0.1) is 18.6 Å². The molecule has 0 bridgehead atoms. The van der Waals surface area contributed by atoms with Crippen molar-refractivity contribution < 1.29 is 14.3 Å². The summed E-state index contributed by atoms with van der Waals surface area (Å²) in [5, 5.41) is 6.72. The maximum Gasteiger partial charge on any atom is 0.283 e. The van der Waals surface area contributed by atoms with E-state index in [0.29, 0.717) is 39.0 Å². The fraction of sp³-hybridized carbons (Fsp3) is 0.143. The van der Waals surface area contributed by atoms with Gasteiger partial charge >= 0.3 is 0 Å². The van der Waals surface area contributed by atoms with Crippen LogP contribution in [0.5, 0.6) is 5.75 Å². The SMILES string of the molecule is COc1ccc(C)cc1-n1c(SCC(=O)Nc2ccc(NC(C)=O)cc2)nc2c([nH]c3ccccc32)c1=O. The number of thioether (sulfide) groups is 1. The molecule has 0 spiro atoms. The van der Waals surface area contributed by atoms with Gasteiger partial charge in [0.1, 0.15) is 16.8 Å². The lowest BCUT2D eigenvalue weighted by Crippen LogP contribution is -2.23. The Morgan fingerprint density at radius 1 is 1.03 bits per heavy atom. The Balaban J connectivity index is 1.51. The molecule has 0 aliphatic heterocycles. The molecular weight excluding hydrogens is 502 g/mol. The van der Waals surface area contributed by atoms with E-state index in [1.54, 1.807) is 37.4 Å². The number of rotatable bonds is 7. The number of para-hydroxylation sites is 1. The minimum absolute atomic E-state index is 0.0158. The lowest BCUT2D eigenvalue weighted by molar-refractivity contribution is -0.114. The smallest absolute Gasteiger partial charge is 0.283 e. The molecule has 0 aliphatic rings. The minimum atomic E-state index is -0.286. The second-order valence-corrected chi connectivity index (χ2v) is 9.64. The zero-order valence-corrected chi connectivity index (χ0v) is 21.8. The van der Waals surface area contributed by atoms with Crippen molar-refractivity contribution in [2.45, 2.75) is 19.0 Å². The maximum absolute atomic E-state index is 13.8. The number of ether oxygens (including phenoxy) is 1. The summed E-state index contributed by atoms with van der Waals surface area (Å²) in [6, 6.07) is 20.0. The molecule has 2 amide bonds. The molecule has 0 unspecified atom stereocenters. The highest BCUT2D eigenvalue weighted by Gasteiger charge is 2.20. The van der Waals surface area contributed by atoms with Crippen LogP contribution in [0.3, 0.4) is 0 Å². The molecule has 38 heavy (non-hydrogen) atoms. The fourth-order valence-electron chi connectivity index (χ4n) is 4.19. The predicted molar refractivity (Wildman–Crippen MR) is 151 cm³/mol. The molecule has 9 nitrogen and oxygen atoms in total. The molecular formula is C28H25N5O4S. The predicted octanol–water partition coefficient (Wildman–Crippen LogP) is 4.87. The van der Waals surface area contributed by atoms with Gasteiger partial charge in [0.15, 0.2) is 5.16 Å². The quantitative estimate of drug-likeness (QED) is 0.205. The summed E-state index contributed by atoms with van der Waals surface area (Å²) in [5.74, 6) is 0.0926. The number of H-pyrrole nitrogens is 1. The number of benzene rings is 3. The number of nitrogens with one attached hydrogen (secondary N) is 3. The molecule has 0 saturated heterocycles. The lowest BCUT2D eigenvalue weighted by Gasteiger charge is -2.15. The fourth-order valence-corrected chi connectivity index (χ4v) is 4.99. The van der Waals surface area contributed by atoms with E-state index in [-0.39, 0.29) is 23.1 Å². The van der Waals surface area contributed by atoms with Gasteiger partial charge in [0, 0.05) is 29.2 Å². The zero-order chi connectivity index (χ0) is 26.8. The van der Waals surface area contributed by atoms with E-state index >= 15 is 0 Å². The van der Waals surface area contributed by atoms with Gasteiger partial charge in [-0.05, 0) is 55.0 Å². The van der Waals surface area contributed by atoms with E-state index in [1.165, 1.54) is 11.5 Å². The van der Waals surface area contributed by atoms with E-state index in [9.17, 15) is 14.4 Å². The number of anilines is 2. The topological polar surface area (TPSA) is 118 Å². The first-order chi connectivity index (χ1) is 18.3. The first kappa shape index (κ1) is 25.1. The van der Waals surface area contributed by atoms with E-state index in [4.69, 9.17) is 9.72 Å². The normalized spacial score (nSPS) is 11.0. The van der Waals surface area contributed by atoms with Crippen LogP contribution < -0.4 is 20.9 Å². The third-order valence-corrected chi connectivity index (χ3v) is 6.83. The van der Waals surface area contributed by atoms with E-state index < -0.39 is 0 Å². The molecule has 2 heterocycles. The number of carbonyl (C=O) groups excluding carboxylic acids is 2. The zero-order valence-electron chi connectivity index (χ0n) is 21.0. The van der Waals surface area contributed by atoms with Gasteiger partial charge in [-0.2, -0.15) is 0 Å². The van der Waals surface area contributed by atoms with Crippen molar-refractivity contribution in [3.63, 3.8) is 0 Å². The van der Waals surface area contributed by atoms with Crippen molar-refractivity contribution in [2.75, 3.05) is 23.5 Å². The standard InChI is InChI=1S/C28H25N5O4S/c1-16-8-13-23(37-3)22(14-16)33-27(36)26-25(20-6-4-5-7-21(20)31-26)32-28(33)38-15-24(35)30-19-11-9-18(10-12-19)29-17(2)34/h4-14,31H,15H2,1-3H3,(H,29,34)(H,30,35). The average Bonchev–Trinajstić information content (AvgIpc) is 3.27. The summed E-state index contributed by atoms with van der Waals surface area (Å²) in [6.45, 7) is 3.36. The number of aromatic nitrogens is 3. The minimum Gasteiger partial charge on any atom is -0.495 e. The molecule has 5 rings (SSSR count). The number of hydrogen-bond acceptors (Lipinski definition) is 6. The van der Waals surface area contributed by atoms with Crippen molar-refractivity contribution in [3.8, 4) is 11.4 Å². The summed E-state index contributed by atoms with van der Waals surface area (Å²) in [7, 11) is 1.55. The van der Waals surface area contributed by atoms with E-state index in [2.05, 4.69) is 15.6 Å². The Morgan fingerprint density at radius 2 is 1.74 bits per heavy atom. The van der Waals surface area contributed by atoms with Crippen LogP contribution in [0.4, 0.5) is 11.4 Å². The van der Waals surface area contributed by atoms with Crippen molar-refractivity contribution in [1.82, 2.24) is 14.5 Å². The summed E-state index contributed by atoms with van der Waals surface area (Å²) in [4.78, 5) is 45.9. The highest BCUT2D eigenvalue weighted by molar-refractivity contribution is 7.99. The van der Waals surface area contributed by atoms with Crippen molar-refractivity contribution in [1.29, 1.82) is 0 Å². The molecule has 0 aliphatic carbocycles. The van der Waals surface area contributed by atoms with Crippen LogP contribution in [0.25, 0.3) is 27.6 Å². The molecule has 192 valence electrons. The van der Waals surface area contributed by atoms with Crippen LogP contribution in [0.15, 0.2) is 76.7 Å². The van der Waals surface area contributed by atoms with Crippen LogP contribution in [-0.4, -0.2) is 39.2 Å². The van der Waals surface area contributed by atoms with Gasteiger partial charge in [0.2, 0.25) is 11.8 Å². The van der Waals surface area contributed by atoms with Gasteiger partial charge in [-0.15, -0.1) is 0 Å². The summed E-state index contributed by atoms with van der Waals surface area (Å²) in [6.07, 6.45) is 0. The molecule has 3 N–H and O–H groups in total. The number of carbonyl (C=O) groups is 2. The van der Waals surface area contributed by atoms with Gasteiger partial charge in [-0.1, -0.05) is 36.0 Å². The molecule has 0 atom stereocenters. The Hall–Kier alpha value is -4.57. The van der Waals surface area contributed by atoms with Gasteiger partial charge in [-0.3, -0.25) is 14.4 Å². The number of hydrogen-bond donors (Lipinski definition) is 3. The third kappa shape index (κ3) is 4.98. The van der Waals surface area contributed by atoms with Gasteiger partial charge in [-0.25, -0.2) is 9.55 Å². The Bertz CT molecular complexity index is 1740. The first-order valence-corrected chi connectivity index (χ1v) is 12.8. The number of amides is 2. The number of aromatic amines is 1. The summed E-state index contributed by atoms with van der Waals surface area (Å²) in [5.41, 5.74) is 4.15. The van der Waals surface area contributed by atoms with Crippen molar-refractivity contribution in [3.05, 3.63) is 82.6 Å². The van der Waals surface area contributed by atoms with Crippen molar-refractivity contribution >= 4 is 56.9 Å². The highest BCUT2D eigenvalue weighted by Crippen LogP contribution is 2.30. The molecule has 10 heteroatoms. The van der Waals surface area contributed by atoms with E-state index in [0.717, 1.165) is 28.2 Å². The molecule has 0 fully saturated rings. The second-order valence-electron chi connectivity index (χ2n) is 8.70. The molecule has 0 saturated carbocycles. The molecule has 5 aromatic rings. The lowest BCUT2D eigenvalue weighted by atomic mass is 10.2. The van der Waals surface area contributed by atoms with Crippen LogP contribution in [0.2, 0.25) is 0 Å². The molecule has 2 aromatic heterocycles. The number of fused-ring (bicyclic) bond motifs is 3. The van der Waals surface area contributed by atoms with Crippen LogP contribution in [0, 0.1) is 6.92 Å². The van der Waals surface area contributed by atoms with Gasteiger partial charge < -0.3 is 20.4 Å². The number of aryl methyl sites for hydroxylation is 1. The Kier molecular flexibility index (Phi) is 6.89. The van der Waals surface area contributed by atoms with Crippen molar-refractivity contribution in [2.24, 2.45) is 0 Å².